The summed E-state index contributed by atoms with van der Waals surface area (Å²) in [5, 5.41) is 8.46. The Balaban J connectivity index is 3.64. The number of carbonyl (C=O) groups excluding carboxylic acids is 1. The van der Waals surface area contributed by atoms with Crippen LogP contribution in [0.15, 0.2) is 12.2 Å². The lowest BCUT2D eigenvalue weighted by molar-refractivity contribution is -0.140. The van der Waals surface area contributed by atoms with Gasteiger partial charge in [-0.25, -0.2) is 0 Å². The van der Waals surface area contributed by atoms with Crippen molar-refractivity contribution in [3.63, 3.8) is 0 Å². The summed E-state index contributed by atoms with van der Waals surface area (Å²) in [6.07, 6.45) is 5.36. The first-order valence-electron chi connectivity index (χ1n) is 5.04. The van der Waals surface area contributed by atoms with Crippen molar-refractivity contribution in [3.05, 3.63) is 12.2 Å². The molecule has 0 fully saturated rings. The molecule has 3 heteroatoms. The van der Waals surface area contributed by atoms with Crippen molar-refractivity contribution in [2.75, 3.05) is 13.7 Å². The van der Waals surface area contributed by atoms with Crippen molar-refractivity contribution in [3.8, 4) is 11.8 Å². The van der Waals surface area contributed by atoms with Crippen LogP contribution in [0.3, 0.4) is 0 Å². The fourth-order valence-electron chi connectivity index (χ4n) is 1.03. The SMILES string of the molecule is COC(=O)CCCC(C)C#CC=CCO. The van der Waals surface area contributed by atoms with E-state index in [1.165, 1.54) is 7.11 Å². The molecule has 1 N–H and O–H groups in total. The van der Waals surface area contributed by atoms with Crippen LogP contribution in [0.4, 0.5) is 0 Å². The van der Waals surface area contributed by atoms with E-state index in [4.69, 9.17) is 5.11 Å². The molecule has 1 unspecified atom stereocenters. The number of carbonyl (C=O) groups is 1. The number of rotatable bonds is 5. The first kappa shape index (κ1) is 13.7. The summed E-state index contributed by atoms with van der Waals surface area (Å²) in [6, 6.07) is 0. The van der Waals surface area contributed by atoms with Crippen LogP contribution in [0.1, 0.15) is 26.2 Å². The van der Waals surface area contributed by atoms with Crippen LogP contribution in [-0.2, 0) is 9.53 Å². The number of esters is 1. The van der Waals surface area contributed by atoms with E-state index in [1.807, 2.05) is 6.92 Å². The highest BCUT2D eigenvalue weighted by atomic mass is 16.5. The molecule has 0 aliphatic heterocycles. The van der Waals surface area contributed by atoms with Gasteiger partial charge in [0, 0.05) is 12.3 Å². The molecule has 3 nitrogen and oxygen atoms in total. The second-order valence-corrected chi connectivity index (χ2v) is 3.24. The van der Waals surface area contributed by atoms with Crippen LogP contribution in [0, 0.1) is 17.8 Å². The Labute approximate surface area is 91.1 Å². The Morgan fingerprint density at radius 1 is 1.60 bits per heavy atom. The Morgan fingerprint density at radius 2 is 2.33 bits per heavy atom. The second kappa shape index (κ2) is 9.29. The molecule has 0 heterocycles. The maximum absolute atomic E-state index is 10.8. The molecule has 0 aliphatic carbocycles. The van der Waals surface area contributed by atoms with Crippen molar-refractivity contribution < 1.29 is 14.6 Å². The van der Waals surface area contributed by atoms with E-state index >= 15 is 0 Å². The van der Waals surface area contributed by atoms with Crippen LogP contribution < -0.4 is 0 Å². The molecule has 0 radical (unpaired) electrons. The second-order valence-electron chi connectivity index (χ2n) is 3.24. The van der Waals surface area contributed by atoms with Gasteiger partial charge >= 0.3 is 5.97 Å². The average Bonchev–Trinajstić information content (AvgIpc) is 2.24. The summed E-state index contributed by atoms with van der Waals surface area (Å²) in [4.78, 5) is 10.8. The molecule has 0 aromatic heterocycles. The molecule has 84 valence electrons. The van der Waals surface area contributed by atoms with Crippen LogP contribution in [0.5, 0.6) is 0 Å². The standard InChI is InChI=1S/C12H18O3/c1-11(7-4-3-5-10-13)8-6-9-12(14)15-2/h3,5,11,13H,6,8-10H2,1-2H3. The highest BCUT2D eigenvalue weighted by Crippen LogP contribution is 2.06. The topological polar surface area (TPSA) is 46.5 Å². The van der Waals surface area contributed by atoms with E-state index in [9.17, 15) is 4.79 Å². The number of aliphatic hydroxyl groups excluding tert-OH is 1. The largest absolute Gasteiger partial charge is 0.469 e. The third-order valence-corrected chi connectivity index (χ3v) is 1.88. The molecule has 0 aromatic rings. The van der Waals surface area contributed by atoms with Crippen LogP contribution in [-0.4, -0.2) is 24.8 Å². The van der Waals surface area contributed by atoms with E-state index in [0.717, 1.165) is 12.8 Å². The van der Waals surface area contributed by atoms with Gasteiger partial charge in [0.25, 0.3) is 0 Å². The zero-order valence-corrected chi connectivity index (χ0v) is 9.32. The first-order valence-corrected chi connectivity index (χ1v) is 5.04. The Morgan fingerprint density at radius 3 is 2.93 bits per heavy atom. The minimum Gasteiger partial charge on any atom is -0.469 e. The quantitative estimate of drug-likeness (QED) is 0.552. The third kappa shape index (κ3) is 9.04. The molecular formula is C12H18O3. The Kier molecular flexibility index (Phi) is 8.50. The predicted molar refractivity (Wildman–Crippen MR) is 59.0 cm³/mol. The number of methoxy groups -OCH3 is 1. The molecule has 0 bridgehead atoms. The van der Waals surface area contributed by atoms with Gasteiger partial charge in [0.05, 0.1) is 13.7 Å². The smallest absolute Gasteiger partial charge is 0.305 e. The lowest BCUT2D eigenvalue weighted by Gasteiger charge is -2.02. The zero-order chi connectivity index (χ0) is 11.5. The zero-order valence-electron chi connectivity index (χ0n) is 9.32. The average molecular weight is 210 g/mol. The molecule has 15 heavy (non-hydrogen) atoms. The fraction of sp³-hybridized carbons (Fsp3) is 0.583. The van der Waals surface area contributed by atoms with E-state index in [-0.39, 0.29) is 18.5 Å². The third-order valence-electron chi connectivity index (χ3n) is 1.88. The molecule has 0 saturated carbocycles. The Hall–Kier alpha value is -1.27. The van der Waals surface area contributed by atoms with Gasteiger partial charge in [0.1, 0.15) is 0 Å². The molecule has 0 saturated heterocycles. The van der Waals surface area contributed by atoms with Gasteiger partial charge in [0.15, 0.2) is 0 Å². The van der Waals surface area contributed by atoms with E-state index in [1.54, 1.807) is 12.2 Å². The van der Waals surface area contributed by atoms with Crippen LogP contribution in [0.25, 0.3) is 0 Å². The normalized spacial score (nSPS) is 11.9. The maximum Gasteiger partial charge on any atom is 0.305 e. The van der Waals surface area contributed by atoms with Gasteiger partial charge in [-0.15, -0.1) is 0 Å². The highest BCUT2D eigenvalue weighted by Gasteiger charge is 2.02. The lowest BCUT2D eigenvalue weighted by Crippen LogP contribution is -2.01. The number of hydrogen-bond donors (Lipinski definition) is 1. The van der Waals surface area contributed by atoms with Crippen molar-refractivity contribution in [2.24, 2.45) is 5.92 Å². The summed E-state index contributed by atoms with van der Waals surface area (Å²) < 4.78 is 4.53. The van der Waals surface area contributed by atoms with Crippen molar-refractivity contribution in [1.82, 2.24) is 0 Å². The molecular weight excluding hydrogens is 192 g/mol. The van der Waals surface area contributed by atoms with Crippen molar-refractivity contribution >= 4 is 5.97 Å². The minimum absolute atomic E-state index is 0.0192. The van der Waals surface area contributed by atoms with Gasteiger partial charge in [-0.05, 0) is 18.9 Å². The number of hydrogen-bond acceptors (Lipinski definition) is 3. The summed E-state index contributed by atoms with van der Waals surface area (Å²) in [7, 11) is 1.39. The van der Waals surface area contributed by atoms with E-state index < -0.39 is 0 Å². The monoisotopic (exact) mass is 210 g/mol. The summed E-state index contributed by atoms with van der Waals surface area (Å²) >= 11 is 0. The summed E-state index contributed by atoms with van der Waals surface area (Å²) in [6.45, 7) is 2.03. The van der Waals surface area contributed by atoms with Gasteiger partial charge in [0.2, 0.25) is 0 Å². The van der Waals surface area contributed by atoms with Crippen molar-refractivity contribution in [1.29, 1.82) is 0 Å². The summed E-state index contributed by atoms with van der Waals surface area (Å²) in [5.41, 5.74) is 0. The lowest BCUT2D eigenvalue weighted by atomic mass is 10.0. The minimum atomic E-state index is -0.171. The van der Waals surface area contributed by atoms with Gasteiger partial charge in [-0.3, -0.25) is 4.79 Å². The molecule has 0 aromatic carbocycles. The molecule has 0 aliphatic rings. The highest BCUT2D eigenvalue weighted by molar-refractivity contribution is 5.68. The number of aliphatic hydroxyl groups is 1. The van der Waals surface area contributed by atoms with Gasteiger partial charge < -0.3 is 9.84 Å². The number of ether oxygens (including phenoxy) is 1. The Bertz CT molecular complexity index is 258. The van der Waals surface area contributed by atoms with Crippen LogP contribution >= 0.6 is 0 Å². The predicted octanol–water partition coefficient (Wildman–Crippen LogP) is 1.52. The molecule has 0 amide bonds. The van der Waals surface area contributed by atoms with Crippen LogP contribution in [0.2, 0.25) is 0 Å². The number of allylic oxidation sites excluding steroid dienone is 1. The summed E-state index contributed by atoms with van der Waals surface area (Å²) in [5.74, 6) is 5.93. The van der Waals surface area contributed by atoms with Crippen molar-refractivity contribution in [2.45, 2.75) is 26.2 Å². The maximum atomic E-state index is 10.8. The van der Waals surface area contributed by atoms with E-state index in [0.29, 0.717) is 6.42 Å². The molecule has 1 atom stereocenters. The van der Waals surface area contributed by atoms with E-state index in [2.05, 4.69) is 16.6 Å². The molecule has 0 rings (SSSR count). The molecule has 0 spiro atoms. The van der Waals surface area contributed by atoms with Gasteiger partial charge in [-0.1, -0.05) is 24.8 Å². The fourth-order valence-corrected chi connectivity index (χ4v) is 1.03. The van der Waals surface area contributed by atoms with Gasteiger partial charge in [-0.2, -0.15) is 0 Å². The first-order chi connectivity index (χ1) is 7.20.